The number of aromatic nitrogens is 2. The number of ether oxygens (including phenoxy) is 1. The summed E-state index contributed by atoms with van der Waals surface area (Å²) in [7, 11) is 0. The maximum atomic E-state index is 13.2. The van der Waals surface area contributed by atoms with Crippen molar-refractivity contribution in [3.8, 4) is 28.2 Å². The van der Waals surface area contributed by atoms with E-state index in [1.165, 1.54) is 12.1 Å². The Morgan fingerprint density at radius 3 is 2.50 bits per heavy atom. The van der Waals surface area contributed by atoms with E-state index in [-0.39, 0.29) is 11.9 Å². The van der Waals surface area contributed by atoms with Gasteiger partial charge in [0, 0.05) is 27.8 Å². The fourth-order valence-electron chi connectivity index (χ4n) is 3.01. The van der Waals surface area contributed by atoms with Gasteiger partial charge in [-0.3, -0.25) is 5.10 Å². The smallest absolute Gasteiger partial charge is 0.135 e. The maximum absolute atomic E-state index is 13.2. The lowest BCUT2D eigenvalue weighted by Gasteiger charge is -2.14. The summed E-state index contributed by atoms with van der Waals surface area (Å²) < 4.78 is 25.2. The van der Waals surface area contributed by atoms with E-state index in [4.69, 9.17) is 9.15 Å². The zero-order chi connectivity index (χ0) is 18.3. The third-order valence-corrected chi connectivity index (χ3v) is 4.23. The predicted octanol–water partition coefficient (Wildman–Crippen LogP) is 5.72. The number of furan rings is 1. The number of aryl methyl sites for hydroxylation is 1. The minimum absolute atomic E-state index is 0.0434. The Morgan fingerprint density at radius 1 is 1.08 bits per heavy atom. The van der Waals surface area contributed by atoms with E-state index >= 15 is 0 Å². The molecule has 4 rings (SSSR count). The summed E-state index contributed by atoms with van der Waals surface area (Å²) in [6.45, 7) is 5.96. The molecule has 0 aliphatic carbocycles. The lowest BCUT2D eigenvalue weighted by molar-refractivity contribution is 0.244. The normalized spacial score (nSPS) is 11.4. The van der Waals surface area contributed by atoms with Crippen molar-refractivity contribution >= 4 is 11.0 Å². The average Bonchev–Trinajstić information content (AvgIpc) is 3.20. The predicted molar refractivity (Wildman–Crippen MR) is 99.7 cm³/mol. The van der Waals surface area contributed by atoms with Gasteiger partial charge in [-0.2, -0.15) is 5.10 Å². The molecule has 0 aliphatic rings. The summed E-state index contributed by atoms with van der Waals surface area (Å²) in [5.74, 6) is 1.20. The van der Waals surface area contributed by atoms with Crippen LogP contribution in [0.1, 0.15) is 19.5 Å². The first kappa shape index (κ1) is 16.4. The van der Waals surface area contributed by atoms with Gasteiger partial charge < -0.3 is 9.15 Å². The first-order valence-corrected chi connectivity index (χ1v) is 8.52. The standard InChI is InChI=1S/C21H19FN2O2/c1-12(2)25-21-9-15-8-19(14-4-6-16(22)7-5-14)26-20(15)10-17(21)18-11-23-24-13(18)3/h4-12H,1-3H3,(H,23,24). The van der Waals surface area contributed by atoms with E-state index in [0.29, 0.717) is 5.76 Å². The Kier molecular flexibility index (Phi) is 3.99. The first-order valence-electron chi connectivity index (χ1n) is 8.52. The number of rotatable bonds is 4. The molecule has 0 spiro atoms. The maximum Gasteiger partial charge on any atom is 0.135 e. The molecule has 4 nitrogen and oxygen atoms in total. The number of benzene rings is 2. The average molecular weight is 350 g/mol. The third kappa shape index (κ3) is 2.96. The molecule has 0 bridgehead atoms. The van der Waals surface area contributed by atoms with Crippen molar-refractivity contribution in [1.82, 2.24) is 10.2 Å². The van der Waals surface area contributed by atoms with Crippen LogP contribution in [0.25, 0.3) is 33.4 Å². The van der Waals surface area contributed by atoms with Crippen molar-refractivity contribution in [2.24, 2.45) is 0 Å². The molecule has 0 aliphatic heterocycles. The Balaban J connectivity index is 1.87. The van der Waals surface area contributed by atoms with Crippen LogP contribution in [-0.4, -0.2) is 16.3 Å². The van der Waals surface area contributed by atoms with Crippen molar-refractivity contribution < 1.29 is 13.5 Å². The molecule has 5 heteroatoms. The second-order valence-corrected chi connectivity index (χ2v) is 6.58. The molecule has 26 heavy (non-hydrogen) atoms. The van der Waals surface area contributed by atoms with Gasteiger partial charge in [0.2, 0.25) is 0 Å². The summed E-state index contributed by atoms with van der Waals surface area (Å²) in [5.41, 5.74) is 4.44. The van der Waals surface area contributed by atoms with Crippen molar-refractivity contribution in [2.45, 2.75) is 26.9 Å². The molecule has 0 radical (unpaired) electrons. The number of hydrogen-bond donors (Lipinski definition) is 1. The minimum atomic E-state index is -0.268. The quantitative estimate of drug-likeness (QED) is 0.512. The zero-order valence-corrected chi connectivity index (χ0v) is 14.8. The molecule has 4 aromatic rings. The number of hydrogen-bond acceptors (Lipinski definition) is 3. The molecule has 2 aromatic carbocycles. The van der Waals surface area contributed by atoms with E-state index in [1.54, 1.807) is 18.3 Å². The Labute approximate surface area is 150 Å². The van der Waals surface area contributed by atoms with Crippen LogP contribution >= 0.6 is 0 Å². The van der Waals surface area contributed by atoms with Gasteiger partial charge >= 0.3 is 0 Å². The fraction of sp³-hybridized carbons (Fsp3) is 0.190. The van der Waals surface area contributed by atoms with Gasteiger partial charge in [-0.1, -0.05) is 0 Å². The lowest BCUT2D eigenvalue weighted by atomic mass is 10.0. The van der Waals surface area contributed by atoms with Crippen molar-refractivity contribution in [3.05, 3.63) is 60.2 Å². The highest BCUT2D eigenvalue weighted by Gasteiger charge is 2.16. The highest BCUT2D eigenvalue weighted by atomic mass is 19.1. The van der Waals surface area contributed by atoms with Gasteiger partial charge in [-0.25, -0.2) is 4.39 Å². The van der Waals surface area contributed by atoms with Crippen LogP contribution < -0.4 is 4.74 Å². The monoisotopic (exact) mass is 350 g/mol. The van der Waals surface area contributed by atoms with Crippen molar-refractivity contribution in [3.63, 3.8) is 0 Å². The fourth-order valence-corrected chi connectivity index (χ4v) is 3.01. The topological polar surface area (TPSA) is 51.0 Å². The number of aromatic amines is 1. The molecule has 2 heterocycles. The van der Waals surface area contributed by atoms with Gasteiger partial charge in [0.25, 0.3) is 0 Å². The minimum Gasteiger partial charge on any atom is -0.490 e. The molecule has 0 amide bonds. The number of fused-ring (bicyclic) bond motifs is 1. The summed E-state index contributed by atoms with van der Waals surface area (Å²) in [4.78, 5) is 0. The van der Waals surface area contributed by atoms with E-state index in [9.17, 15) is 4.39 Å². The molecule has 2 aromatic heterocycles. The Bertz CT molecular complexity index is 1060. The van der Waals surface area contributed by atoms with Crippen molar-refractivity contribution in [1.29, 1.82) is 0 Å². The van der Waals surface area contributed by atoms with E-state index in [0.717, 1.165) is 39.1 Å². The van der Waals surface area contributed by atoms with E-state index < -0.39 is 0 Å². The first-order chi connectivity index (χ1) is 12.5. The zero-order valence-electron chi connectivity index (χ0n) is 14.8. The molecule has 0 fully saturated rings. The van der Waals surface area contributed by atoms with Crippen LogP contribution in [0.4, 0.5) is 4.39 Å². The van der Waals surface area contributed by atoms with Gasteiger partial charge in [0.15, 0.2) is 0 Å². The van der Waals surface area contributed by atoms with Gasteiger partial charge in [0.1, 0.15) is 22.9 Å². The molecule has 1 N–H and O–H groups in total. The molecular formula is C21H19FN2O2. The van der Waals surface area contributed by atoms with Gasteiger partial charge in [-0.05, 0) is 63.2 Å². The largest absolute Gasteiger partial charge is 0.490 e. The molecule has 0 saturated heterocycles. The Morgan fingerprint density at radius 2 is 1.85 bits per heavy atom. The summed E-state index contributed by atoms with van der Waals surface area (Å²) >= 11 is 0. The number of nitrogens with one attached hydrogen (secondary N) is 1. The highest BCUT2D eigenvalue weighted by molar-refractivity contribution is 5.90. The highest BCUT2D eigenvalue weighted by Crippen LogP contribution is 2.38. The molecule has 132 valence electrons. The summed E-state index contributed by atoms with van der Waals surface area (Å²) in [6.07, 6.45) is 1.83. The van der Waals surface area contributed by atoms with Gasteiger partial charge in [0.05, 0.1) is 12.3 Å². The SMILES string of the molecule is Cc1[nH]ncc1-c1cc2oc(-c3ccc(F)cc3)cc2cc1OC(C)C. The van der Waals surface area contributed by atoms with E-state index in [1.807, 2.05) is 39.0 Å². The van der Waals surface area contributed by atoms with E-state index in [2.05, 4.69) is 10.2 Å². The second-order valence-electron chi connectivity index (χ2n) is 6.58. The number of halogens is 1. The second kappa shape index (κ2) is 6.33. The number of H-pyrrole nitrogens is 1. The molecular weight excluding hydrogens is 331 g/mol. The van der Waals surface area contributed by atoms with Crippen LogP contribution in [0.15, 0.2) is 53.1 Å². The van der Waals surface area contributed by atoms with Crippen LogP contribution in [0, 0.1) is 12.7 Å². The van der Waals surface area contributed by atoms with Gasteiger partial charge in [-0.15, -0.1) is 0 Å². The van der Waals surface area contributed by atoms with Crippen molar-refractivity contribution in [2.75, 3.05) is 0 Å². The summed E-state index contributed by atoms with van der Waals surface area (Å²) in [5, 5.41) is 8.01. The number of nitrogens with zero attached hydrogens (tertiary/aromatic N) is 1. The third-order valence-electron chi connectivity index (χ3n) is 4.23. The van der Waals surface area contributed by atoms with Crippen LogP contribution in [0.2, 0.25) is 0 Å². The lowest BCUT2D eigenvalue weighted by Crippen LogP contribution is -2.06. The molecule has 0 atom stereocenters. The van der Waals surface area contributed by atoms with Crippen LogP contribution in [0.3, 0.4) is 0 Å². The summed E-state index contributed by atoms with van der Waals surface area (Å²) in [6, 6.07) is 12.2. The molecule has 0 unspecified atom stereocenters. The molecule has 0 saturated carbocycles. The Hall–Kier alpha value is -3.08. The van der Waals surface area contributed by atoms with Crippen LogP contribution in [-0.2, 0) is 0 Å². The van der Waals surface area contributed by atoms with Crippen LogP contribution in [0.5, 0.6) is 5.75 Å².